The van der Waals surface area contributed by atoms with Gasteiger partial charge in [-0.25, -0.2) is 0 Å². The van der Waals surface area contributed by atoms with Crippen LogP contribution in [0.15, 0.2) is 4.99 Å². The molecule has 1 fully saturated rings. The van der Waals surface area contributed by atoms with E-state index in [1.807, 2.05) is 27.8 Å². The van der Waals surface area contributed by atoms with Gasteiger partial charge in [0.05, 0.1) is 13.2 Å². The van der Waals surface area contributed by atoms with E-state index in [2.05, 4.69) is 22.1 Å². The average molecular weight is 332 g/mol. The molecule has 0 amide bonds. The van der Waals surface area contributed by atoms with Crippen LogP contribution in [0, 0.1) is 5.92 Å². The Morgan fingerprint density at radius 1 is 1.41 bits per heavy atom. The summed E-state index contributed by atoms with van der Waals surface area (Å²) in [6, 6.07) is 0. The van der Waals surface area contributed by atoms with Gasteiger partial charge in [-0.15, -0.1) is 0 Å². The van der Waals surface area contributed by atoms with Crippen molar-refractivity contribution >= 4 is 16.8 Å². The summed E-state index contributed by atoms with van der Waals surface area (Å²) in [5.41, 5.74) is 0. The molecule has 0 heterocycles. The second-order valence-electron chi connectivity index (χ2n) is 6.84. The van der Waals surface area contributed by atoms with Gasteiger partial charge in [0.1, 0.15) is 0 Å². The second kappa shape index (κ2) is 9.50. The smallest absolute Gasteiger partial charge is 0.193 e. The second-order valence-corrected chi connectivity index (χ2v) is 9.16. The molecule has 1 rings (SSSR count). The van der Waals surface area contributed by atoms with Gasteiger partial charge in [0.15, 0.2) is 5.96 Å². The molecule has 0 aromatic carbocycles. The SMILES string of the molecule is CCNC(=NCCS(=O)C(C)(C)C)N(C)CCOCC1CC1. The Labute approximate surface area is 138 Å². The molecule has 22 heavy (non-hydrogen) atoms. The summed E-state index contributed by atoms with van der Waals surface area (Å²) in [4.78, 5) is 6.66. The fraction of sp³-hybridized carbons (Fsp3) is 0.938. The third-order valence-electron chi connectivity index (χ3n) is 3.54. The molecule has 5 nitrogen and oxygen atoms in total. The Morgan fingerprint density at radius 3 is 2.64 bits per heavy atom. The first kappa shape index (κ1) is 19.4. The molecular weight excluding hydrogens is 298 g/mol. The van der Waals surface area contributed by atoms with Crippen LogP contribution in [-0.2, 0) is 15.5 Å². The molecule has 6 heteroatoms. The molecule has 1 N–H and O–H groups in total. The predicted molar refractivity (Wildman–Crippen MR) is 94.9 cm³/mol. The zero-order valence-electron chi connectivity index (χ0n) is 14.9. The molecule has 0 aromatic heterocycles. The predicted octanol–water partition coefficient (Wildman–Crippen LogP) is 1.86. The van der Waals surface area contributed by atoms with E-state index in [-0.39, 0.29) is 4.75 Å². The standard InChI is InChI=1S/C16H33N3O2S/c1-6-17-15(18-9-12-22(20)16(2,3)4)19(5)10-11-21-13-14-7-8-14/h14H,6-13H2,1-5H3,(H,17,18). The van der Waals surface area contributed by atoms with Crippen LogP contribution < -0.4 is 5.32 Å². The lowest BCUT2D eigenvalue weighted by Crippen LogP contribution is -2.41. The van der Waals surface area contributed by atoms with Crippen molar-refractivity contribution in [3.63, 3.8) is 0 Å². The summed E-state index contributed by atoms with van der Waals surface area (Å²) in [5, 5.41) is 3.28. The molecule has 130 valence electrons. The van der Waals surface area contributed by atoms with Gasteiger partial charge in [0, 0.05) is 48.0 Å². The minimum atomic E-state index is -0.854. The van der Waals surface area contributed by atoms with Crippen LogP contribution in [0.25, 0.3) is 0 Å². The zero-order valence-corrected chi connectivity index (χ0v) is 15.7. The number of hydrogen-bond donors (Lipinski definition) is 1. The number of ether oxygens (including phenoxy) is 1. The Hall–Kier alpha value is -0.620. The molecule has 0 aromatic rings. The maximum absolute atomic E-state index is 12.0. The third kappa shape index (κ3) is 8.13. The number of rotatable bonds is 9. The summed E-state index contributed by atoms with van der Waals surface area (Å²) >= 11 is 0. The summed E-state index contributed by atoms with van der Waals surface area (Å²) < 4.78 is 17.5. The highest BCUT2D eigenvalue weighted by molar-refractivity contribution is 7.86. The molecule has 1 atom stereocenters. The summed E-state index contributed by atoms with van der Waals surface area (Å²) in [7, 11) is 1.16. The molecule has 0 radical (unpaired) electrons. The molecule has 0 bridgehead atoms. The van der Waals surface area contributed by atoms with E-state index in [0.29, 0.717) is 12.3 Å². The van der Waals surface area contributed by atoms with Crippen LogP contribution in [-0.4, -0.2) is 65.5 Å². The number of nitrogens with zero attached hydrogens (tertiary/aromatic N) is 2. The Balaban J connectivity index is 2.33. The summed E-state index contributed by atoms with van der Waals surface area (Å²) in [6.45, 7) is 11.9. The fourth-order valence-electron chi connectivity index (χ4n) is 1.85. The number of likely N-dealkylation sites (N-methyl/N-ethyl adjacent to an activating group) is 1. The van der Waals surface area contributed by atoms with Gasteiger partial charge >= 0.3 is 0 Å². The van der Waals surface area contributed by atoms with Gasteiger partial charge in [-0.3, -0.25) is 9.20 Å². The Kier molecular flexibility index (Phi) is 8.39. The minimum Gasteiger partial charge on any atom is -0.379 e. The molecule has 1 aliphatic carbocycles. The molecule has 0 aliphatic heterocycles. The van der Waals surface area contributed by atoms with Crippen molar-refractivity contribution in [2.75, 3.05) is 45.6 Å². The van der Waals surface area contributed by atoms with Crippen molar-refractivity contribution in [3.8, 4) is 0 Å². The van der Waals surface area contributed by atoms with Crippen LogP contribution >= 0.6 is 0 Å². The van der Waals surface area contributed by atoms with Gasteiger partial charge in [-0.2, -0.15) is 0 Å². The van der Waals surface area contributed by atoms with Gasteiger partial charge in [-0.1, -0.05) is 0 Å². The zero-order chi connectivity index (χ0) is 16.6. The van der Waals surface area contributed by atoms with E-state index in [1.54, 1.807) is 0 Å². The lowest BCUT2D eigenvalue weighted by molar-refractivity contribution is 0.115. The van der Waals surface area contributed by atoms with Gasteiger partial charge in [-0.05, 0) is 46.5 Å². The summed E-state index contributed by atoms with van der Waals surface area (Å²) in [5.74, 6) is 2.27. The van der Waals surface area contributed by atoms with Crippen molar-refractivity contribution in [1.29, 1.82) is 0 Å². The van der Waals surface area contributed by atoms with Crippen molar-refractivity contribution in [2.45, 2.75) is 45.3 Å². The van der Waals surface area contributed by atoms with Crippen molar-refractivity contribution in [1.82, 2.24) is 10.2 Å². The highest BCUT2D eigenvalue weighted by Crippen LogP contribution is 2.28. The number of hydrogen-bond acceptors (Lipinski definition) is 3. The fourth-order valence-corrected chi connectivity index (χ4v) is 2.72. The number of nitrogens with one attached hydrogen (secondary N) is 1. The summed E-state index contributed by atoms with van der Waals surface area (Å²) in [6.07, 6.45) is 2.65. The van der Waals surface area contributed by atoms with Crippen LogP contribution in [0.1, 0.15) is 40.5 Å². The molecule has 1 aliphatic rings. The topological polar surface area (TPSA) is 53.9 Å². The van der Waals surface area contributed by atoms with Crippen molar-refractivity contribution < 1.29 is 8.95 Å². The van der Waals surface area contributed by atoms with Crippen molar-refractivity contribution in [2.24, 2.45) is 10.9 Å². The van der Waals surface area contributed by atoms with E-state index >= 15 is 0 Å². The maximum Gasteiger partial charge on any atom is 0.193 e. The first-order chi connectivity index (χ1) is 10.3. The highest BCUT2D eigenvalue weighted by atomic mass is 32.2. The van der Waals surface area contributed by atoms with Crippen molar-refractivity contribution in [3.05, 3.63) is 0 Å². The van der Waals surface area contributed by atoms with Gasteiger partial charge < -0.3 is 15.0 Å². The van der Waals surface area contributed by atoms with Crippen LogP contribution in [0.2, 0.25) is 0 Å². The maximum atomic E-state index is 12.0. The first-order valence-electron chi connectivity index (χ1n) is 8.30. The monoisotopic (exact) mass is 331 g/mol. The molecule has 0 saturated heterocycles. The third-order valence-corrected chi connectivity index (χ3v) is 5.46. The molecular formula is C16H33N3O2S. The number of guanidine groups is 1. The normalized spacial score (nSPS) is 17.4. The lowest BCUT2D eigenvalue weighted by Gasteiger charge is -2.22. The molecule has 1 unspecified atom stereocenters. The molecule has 0 spiro atoms. The molecule has 1 saturated carbocycles. The van der Waals surface area contributed by atoms with E-state index in [0.717, 1.165) is 38.2 Å². The van der Waals surface area contributed by atoms with Gasteiger partial charge in [0.25, 0.3) is 0 Å². The average Bonchev–Trinajstić information content (AvgIpc) is 3.25. The van der Waals surface area contributed by atoms with E-state index in [1.165, 1.54) is 12.8 Å². The van der Waals surface area contributed by atoms with Crippen LogP contribution in [0.3, 0.4) is 0 Å². The van der Waals surface area contributed by atoms with E-state index < -0.39 is 10.8 Å². The quantitative estimate of drug-likeness (QED) is 0.398. The van der Waals surface area contributed by atoms with Crippen LogP contribution in [0.4, 0.5) is 0 Å². The van der Waals surface area contributed by atoms with E-state index in [4.69, 9.17) is 4.74 Å². The Morgan fingerprint density at radius 2 is 2.09 bits per heavy atom. The lowest BCUT2D eigenvalue weighted by atomic mass is 10.3. The first-order valence-corrected chi connectivity index (χ1v) is 9.62. The highest BCUT2D eigenvalue weighted by Gasteiger charge is 2.21. The number of aliphatic imine (C=N–C) groups is 1. The minimum absolute atomic E-state index is 0.170. The Bertz CT molecular complexity index is 376. The largest absolute Gasteiger partial charge is 0.379 e. The van der Waals surface area contributed by atoms with E-state index in [9.17, 15) is 4.21 Å². The van der Waals surface area contributed by atoms with Crippen LogP contribution in [0.5, 0.6) is 0 Å². The van der Waals surface area contributed by atoms with Gasteiger partial charge in [0.2, 0.25) is 0 Å².